The molecule has 1 aliphatic rings. The van der Waals surface area contributed by atoms with Gasteiger partial charge < -0.3 is 20.2 Å². The standard InChI is InChI=1S/C27H29ClN6O5S2/c1-4-18-10-24(21(14-35)31-11-18)41-27(22(36-3)13-33(30)12-20(29)26-32-25(28)16-40-26)38-23-15-37-34(39-17(23)2)19-8-6-5-7-9-19/h1,5-12,14,16-17,22-23,27H,13,15,29-30H2,2-3H3/b20-12-/t17?,22-,23?,27?/m0/s1. The number of nitrogens with zero attached hydrogens (tertiary/aromatic N) is 4. The summed E-state index contributed by atoms with van der Waals surface area (Å²) in [5, 5.41) is 5.29. The molecule has 216 valence electrons. The molecule has 11 nitrogen and oxygen atoms in total. The molecule has 3 unspecified atom stereocenters. The number of thiazole rings is 1. The monoisotopic (exact) mass is 616 g/mol. The molecule has 0 radical (unpaired) electrons. The average molecular weight is 617 g/mol. The summed E-state index contributed by atoms with van der Waals surface area (Å²) in [5.74, 6) is 8.84. The summed E-state index contributed by atoms with van der Waals surface area (Å²) in [6.45, 7) is 2.23. The van der Waals surface area contributed by atoms with Crippen molar-refractivity contribution < 1.29 is 23.9 Å². The van der Waals surface area contributed by atoms with Gasteiger partial charge in [-0.3, -0.25) is 9.78 Å². The highest BCUT2D eigenvalue weighted by molar-refractivity contribution is 7.99. The lowest BCUT2D eigenvalue weighted by atomic mass is 10.2. The summed E-state index contributed by atoms with van der Waals surface area (Å²) in [6, 6.07) is 11.1. The summed E-state index contributed by atoms with van der Waals surface area (Å²) in [7, 11) is 1.54. The molecule has 41 heavy (non-hydrogen) atoms. The number of rotatable bonds is 12. The molecule has 4 atom stereocenters. The molecule has 4 rings (SSSR count). The quantitative estimate of drug-likeness (QED) is 0.0766. The largest absolute Gasteiger partial charge is 0.395 e. The topological polar surface area (TPSA) is 138 Å². The van der Waals surface area contributed by atoms with Crippen LogP contribution in [0.4, 0.5) is 5.69 Å². The molecule has 14 heteroatoms. The van der Waals surface area contributed by atoms with Gasteiger partial charge >= 0.3 is 0 Å². The molecular weight excluding hydrogens is 588 g/mol. The van der Waals surface area contributed by atoms with Gasteiger partial charge in [-0.2, -0.15) is 0 Å². The van der Waals surface area contributed by atoms with Crippen molar-refractivity contribution in [2.45, 2.75) is 35.6 Å². The Morgan fingerprint density at radius 1 is 1.44 bits per heavy atom. The van der Waals surface area contributed by atoms with Crippen LogP contribution in [0.25, 0.3) is 5.70 Å². The highest BCUT2D eigenvalue weighted by atomic mass is 35.5. The molecule has 1 saturated heterocycles. The van der Waals surface area contributed by atoms with Gasteiger partial charge in [-0.15, -0.1) is 23.0 Å². The zero-order chi connectivity index (χ0) is 29.4. The SMILES string of the molecule is C#Cc1cnc(C=O)c(SC(OC2CON(c3ccccc3)OC2C)[C@H](CN(N)/C=C(\N)c2nc(Cl)cs2)OC)c1. The summed E-state index contributed by atoms with van der Waals surface area (Å²) in [4.78, 5) is 32.5. The van der Waals surface area contributed by atoms with Gasteiger partial charge in [-0.1, -0.05) is 47.5 Å². The van der Waals surface area contributed by atoms with Crippen LogP contribution in [0.1, 0.15) is 28.0 Å². The van der Waals surface area contributed by atoms with Crippen LogP contribution < -0.4 is 16.8 Å². The molecule has 3 heterocycles. The van der Waals surface area contributed by atoms with Crippen molar-refractivity contribution in [2.75, 3.05) is 25.5 Å². The lowest BCUT2D eigenvalue weighted by Gasteiger charge is -2.39. The van der Waals surface area contributed by atoms with Gasteiger partial charge in [0.15, 0.2) is 6.29 Å². The minimum atomic E-state index is -0.702. The predicted octanol–water partition coefficient (Wildman–Crippen LogP) is 3.71. The number of halogens is 1. The number of ether oxygens (including phenoxy) is 2. The number of hydrazine groups is 1. The molecule has 3 aromatic rings. The van der Waals surface area contributed by atoms with Gasteiger partial charge in [0.1, 0.15) is 46.2 Å². The third kappa shape index (κ3) is 8.19. The molecule has 0 aliphatic carbocycles. The number of aromatic nitrogens is 2. The van der Waals surface area contributed by atoms with Crippen LogP contribution in [0.15, 0.2) is 59.1 Å². The van der Waals surface area contributed by atoms with Crippen LogP contribution in [0.3, 0.4) is 0 Å². The molecule has 0 spiro atoms. The highest BCUT2D eigenvalue weighted by Gasteiger charge is 2.35. The smallest absolute Gasteiger partial charge is 0.169 e. The summed E-state index contributed by atoms with van der Waals surface area (Å²) in [5.41, 5.74) is 7.28. The predicted molar refractivity (Wildman–Crippen MR) is 158 cm³/mol. The van der Waals surface area contributed by atoms with Crippen molar-refractivity contribution in [3.05, 3.63) is 75.6 Å². The second-order valence-electron chi connectivity index (χ2n) is 8.76. The number of para-hydroxylation sites is 1. The van der Waals surface area contributed by atoms with E-state index in [1.54, 1.807) is 11.4 Å². The molecule has 0 saturated carbocycles. The van der Waals surface area contributed by atoms with E-state index in [1.807, 2.05) is 37.3 Å². The average Bonchev–Trinajstić information content (AvgIpc) is 3.43. The van der Waals surface area contributed by atoms with E-state index >= 15 is 0 Å². The number of pyridine rings is 1. The zero-order valence-electron chi connectivity index (χ0n) is 22.3. The summed E-state index contributed by atoms with van der Waals surface area (Å²) in [6.07, 6.45) is 7.71. The first-order chi connectivity index (χ1) is 19.8. The van der Waals surface area contributed by atoms with E-state index in [2.05, 4.69) is 15.9 Å². The molecule has 0 amide bonds. The van der Waals surface area contributed by atoms with Crippen LogP contribution in [0.5, 0.6) is 0 Å². The minimum Gasteiger partial charge on any atom is -0.395 e. The van der Waals surface area contributed by atoms with Gasteiger partial charge in [0.25, 0.3) is 0 Å². The van der Waals surface area contributed by atoms with Gasteiger partial charge in [0.2, 0.25) is 0 Å². The van der Waals surface area contributed by atoms with E-state index in [0.29, 0.717) is 32.6 Å². The maximum Gasteiger partial charge on any atom is 0.169 e. The number of carbonyl (C=O) groups excluding carboxylic acids is 1. The van der Waals surface area contributed by atoms with E-state index in [-0.39, 0.29) is 18.8 Å². The zero-order valence-corrected chi connectivity index (χ0v) is 24.6. The molecule has 1 aliphatic heterocycles. The van der Waals surface area contributed by atoms with Gasteiger partial charge in [0, 0.05) is 35.3 Å². The Kier molecular flexibility index (Phi) is 11.0. The normalized spacial score (nSPS) is 18.9. The fourth-order valence-corrected chi connectivity index (χ4v) is 5.80. The van der Waals surface area contributed by atoms with Crippen molar-refractivity contribution in [3.8, 4) is 12.3 Å². The first-order valence-corrected chi connectivity index (χ1v) is 14.5. The first kappa shape index (κ1) is 30.8. The Morgan fingerprint density at radius 2 is 2.22 bits per heavy atom. The Balaban J connectivity index is 1.55. The number of terminal acetylenes is 1. The fourth-order valence-electron chi connectivity index (χ4n) is 3.72. The third-order valence-electron chi connectivity index (χ3n) is 5.85. The lowest BCUT2D eigenvalue weighted by Crippen LogP contribution is -2.50. The van der Waals surface area contributed by atoms with E-state index in [4.69, 9.17) is 48.7 Å². The second kappa shape index (κ2) is 14.6. The van der Waals surface area contributed by atoms with E-state index in [9.17, 15) is 4.79 Å². The number of anilines is 1. The minimum absolute atomic E-state index is 0.158. The fraction of sp³-hybridized carbons (Fsp3) is 0.296. The van der Waals surface area contributed by atoms with Crippen molar-refractivity contribution >= 4 is 52.4 Å². The van der Waals surface area contributed by atoms with Crippen molar-refractivity contribution in [3.63, 3.8) is 0 Å². The Labute approximate surface area is 251 Å². The number of carbonyl (C=O) groups is 1. The van der Waals surface area contributed by atoms with E-state index < -0.39 is 23.7 Å². The number of hydrogen-bond acceptors (Lipinski definition) is 13. The number of benzene rings is 1. The van der Waals surface area contributed by atoms with Crippen LogP contribution in [0, 0.1) is 12.3 Å². The molecule has 0 bridgehead atoms. The molecular formula is C27H29ClN6O5S2. The van der Waals surface area contributed by atoms with Crippen molar-refractivity contribution in [2.24, 2.45) is 11.6 Å². The molecule has 1 aromatic carbocycles. The van der Waals surface area contributed by atoms with Crippen LogP contribution in [0.2, 0.25) is 5.15 Å². The van der Waals surface area contributed by atoms with Gasteiger partial charge in [-0.05, 0) is 25.1 Å². The second-order valence-corrected chi connectivity index (χ2v) is 11.1. The van der Waals surface area contributed by atoms with Crippen LogP contribution in [-0.4, -0.2) is 65.3 Å². The molecule has 4 N–H and O–H groups in total. The molecule has 2 aromatic heterocycles. The van der Waals surface area contributed by atoms with Crippen LogP contribution >= 0.6 is 34.7 Å². The maximum atomic E-state index is 11.8. The van der Waals surface area contributed by atoms with Gasteiger partial charge in [-0.25, -0.2) is 20.5 Å². The molecule has 1 fully saturated rings. The first-order valence-electron chi connectivity index (χ1n) is 12.3. The Hall–Kier alpha value is -3.19. The van der Waals surface area contributed by atoms with E-state index in [1.165, 1.54) is 52.8 Å². The number of methoxy groups -OCH3 is 1. The van der Waals surface area contributed by atoms with Gasteiger partial charge in [0.05, 0.1) is 17.9 Å². The third-order valence-corrected chi connectivity index (χ3v) is 8.29. The van der Waals surface area contributed by atoms with Crippen molar-refractivity contribution in [1.29, 1.82) is 0 Å². The number of aldehydes is 1. The lowest BCUT2D eigenvalue weighted by molar-refractivity contribution is -0.232. The summed E-state index contributed by atoms with van der Waals surface area (Å²) >= 11 is 8.46. The number of nitrogens with two attached hydrogens (primary N) is 2. The Morgan fingerprint density at radius 3 is 2.85 bits per heavy atom. The summed E-state index contributed by atoms with van der Waals surface area (Å²) < 4.78 is 12.3. The maximum absolute atomic E-state index is 11.8. The highest BCUT2D eigenvalue weighted by Crippen LogP contribution is 2.33. The number of hydrogen-bond donors (Lipinski definition) is 2. The van der Waals surface area contributed by atoms with Crippen molar-refractivity contribution in [1.82, 2.24) is 15.0 Å². The Bertz CT molecular complexity index is 1390. The van der Waals surface area contributed by atoms with Crippen LogP contribution in [-0.2, 0) is 19.1 Å². The number of thioether (sulfide) groups is 1. The van der Waals surface area contributed by atoms with E-state index in [0.717, 1.165) is 5.69 Å².